The van der Waals surface area contributed by atoms with Crippen LogP contribution in [0.15, 0.2) is 121 Å². The van der Waals surface area contributed by atoms with Crippen LogP contribution >= 0.6 is 46.4 Å². The molecule has 56 heavy (non-hydrogen) atoms. The number of benzene rings is 5. The molecule has 0 radical (unpaired) electrons. The number of phenolic OH excluding ortho intramolecular Hbond substituents is 2. The van der Waals surface area contributed by atoms with E-state index in [9.17, 15) is 14.4 Å². The lowest BCUT2D eigenvalue weighted by Gasteiger charge is -2.13. The van der Waals surface area contributed by atoms with Crippen molar-refractivity contribution < 1.29 is 35.4 Å². The quantitative estimate of drug-likeness (QED) is 0.0444. The predicted molar refractivity (Wildman–Crippen MR) is 229 cm³/mol. The molecule has 0 amide bonds. The van der Waals surface area contributed by atoms with Gasteiger partial charge < -0.3 is 24.6 Å². The lowest BCUT2D eigenvalue weighted by atomic mass is 10.1. The molecule has 0 bridgehead atoms. The van der Waals surface area contributed by atoms with E-state index in [1.165, 1.54) is 43.9 Å². The van der Waals surface area contributed by atoms with E-state index >= 15 is 0 Å². The molecule has 5 aromatic rings. The Bertz CT molecular complexity index is 1750. The molecule has 5 rings (SSSR count). The zero-order chi connectivity index (χ0) is 42.6. The summed E-state index contributed by atoms with van der Waals surface area (Å²) >= 11 is 22.2. The number of nitrogens with zero attached hydrogens (tertiary/aromatic N) is 1. The Hall–Kier alpha value is -4.57. The summed E-state index contributed by atoms with van der Waals surface area (Å²) in [5, 5.41) is 16.9. The number of phenols is 2. The van der Waals surface area contributed by atoms with Crippen LogP contribution in [-0.2, 0) is 17.6 Å². The van der Waals surface area contributed by atoms with Gasteiger partial charge in [-0.1, -0.05) is 71.0 Å². The van der Waals surface area contributed by atoms with Crippen LogP contribution in [-0.4, -0.2) is 51.9 Å². The number of carbonyl (C=O) groups is 3. The highest BCUT2D eigenvalue weighted by atomic mass is 35.5. The third kappa shape index (κ3) is 19.3. The first-order valence-corrected chi connectivity index (χ1v) is 19.5. The second kappa shape index (κ2) is 28.8. The number of esters is 2. The summed E-state index contributed by atoms with van der Waals surface area (Å²) in [6.45, 7) is 12.4. The van der Waals surface area contributed by atoms with Crippen LogP contribution in [0.1, 0.15) is 83.7 Å². The average Bonchev–Trinajstić information content (AvgIpc) is 3.24. The van der Waals surface area contributed by atoms with E-state index < -0.39 is 17.2 Å². The van der Waals surface area contributed by atoms with E-state index in [-0.39, 0.29) is 11.5 Å². The van der Waals surface area contributed by atoms with Gasteiger partial charge in [0.2, 0.25) is 0 Å². The standard InChI is InChI=1S/C22H16Cl2O4.C8H6Cl2O.C6H15N.C6H6O2.C2H6/c23-13-15-1-5-17(6-2-15)21(25)27-19-9-11-20(12-10-19)28-22(26)18-7-3-16(14-24)4-8-18;9-5-6-1-3-7(4-2-6)8(10)11;1-4-7(5-2)6-3;7-5-1-2-6(8)4-3-5;1-2/h1-12H,13-14H2;1-4H,5H2;4-6H2,1-3H3;1-4,7-8H;1-2H3/i;;;;1D. The molecule has 0 unspecified atom stereocenters. The number of rotatable bonds is 11. The molecule has 0 aliphatic carbocycles. The molecular formula is C44H49Cl4NO7. The summed E-state index contributed by atoms with van der Waals surface area (Å²) in [6, 6.07) is 32.5. The van der Waals surface area contributed by atoms with E-state index in [0.29, 0.717) is 52.7 Å². The zero-order valence-corrected chi connectivity index (χ0v) is 34.9. The Morgan fingerprint density at radius 3 is 1.02 bits per heavy atom. The van der Waals surface area contributed by atoms with Crippen LogP contribution in [0.5, 0.6) is 23.0 Å². The molecule has 0 heterocycles. The van der Waals surface area contributed by atoms with E-state index in [0.717, 1.165) is 16.7 Å². The lowest BCUT2D eigenvalue weighted by molar-refractivity contribution is 0.0719. The molecule has 8 nitrogen and oxygen atoms in total. The maximum atomic E-state index is 12.2. The first-order chi connectivity index (χ1) is 27.4. The number of carbonyl (C=O) groups excluding carboxylic acids is 3. The molecule has 0 aliphatic rings. The Morgan fingerprint density at radius 1 is 0.536 bits per heavy atom. The third-order valence-corrected chi connectivity index (χ3v) is 8.60. The molecule has 0 saturated carbocycles. The molecule has 12 heteroatoms. The van der Waals surface area contributed by atoms with Crippen molar-refractivity contribution in [3.63, 3.8) is 0 Å². The van der Waals surface area contributed by atoms with E-state index in [1.54, 1.807) is 104 Å². The van der Waals surface area contributed by atoms with Crippen molar-refractivity contribution in [2.75, 3.05) is 19.6 Å². The van der Waals surface area contributed by atoms with Crippen molar-refractivity contribution >= 4 is 63.6 Å². The molecule has 300 valence electrons. The van der Waals surface area contributed by atoms with Crippen molar-refractivity contribution in [2.24, 2.45) is 0 Å². The van der Waals surface area contributed by atoms with Crippen LogP contribution in [0.25, 0.3) is 0 Å². The van der Waals surface area contributed by atoms with Gasteiger partial charge in [0.15, 0.2) is 0 Å². The first-order valence-electron chi connectivity index (χ1n) is 18.3. The number of hydrogen-bond donors (Lipinski definition) is 2. The molecule has 0 atom stereocenters. The van der Waals surface area contributed by atoms with Gasteiger partial charge in [-0.15, -0.1) is 34.8 Å². The SMILES string of the molecule is CCN(CC)CC.O=C(Cl)c1ccc(CCl)cc1.O=C(Oc1ccc(OC(=O)c2ccc(CCl)cc2)cc1)c1ccc(CCl)cc1.Oc1ccc(O)cc1.[2H]CC. The fraction of sp³-hybridized carbons (Fsp3) is 0.250. The predicted octanol–water partition coefficient (Wildman–Crippen LogP) is 11.9. The lowest BCUT2D eigenvalue weighted by Crippen LogP contribution is -2.21. The normalized spacial score (nSPS) is 9.98. The number of hydrogen-bond acceptors (Lipinski definition) is 8. The van der Waals surface area contributed by atoms with Crippen LogP contribution in [0, 0.1) is 0 Å². The van der Waals surface area contributed by atoms with Crippen LogP contribution in [0.3, 0.4) is 0 Å². The minimum Gasteiger partial charge on any atom is -0.508 e. The summed E-state index contributed by atoms with van der Waals surface area (Å²) in [4.78, 5) is 37.3. The number of halogens is 4. The van der Waals surface area contributed by atoms with Gasteiger partial charge in [0.25, 0.3) is 5.24 Å². The van der Waals surface area contributed by atoms with E-state index in [2.05, 4.69) is 25.7 Å². The van der Waals surface area contributed by atoms with Gasteiger partial charge in [0.1, 0.15) is 23.0 Å². The van der Waals surface area contributed by atoms with Gasteiger partial charge in [-0.05, 0) is 133 Å². The smallest absolute Gasteiger partial charge is 0.343 e. The molecular weight excluding hydrogens is 796 g/mol. The fourth-order valence-electron chi connectivity index (χ4n) is 4.22. The first kappa shape index (κ1) is 47.6. The topological polar surface area (TPSA) is 113 Å². The van der Waals surface area contributed by atoms with Crippen LogP contribution in [0.2, 0.25) is 0 Å². The average molecular weight is 847 g/mol. The van der Waals surface area contributed by atoms with E-state index in [1.807, 2.05) is 0 Å². The second-order valence-electron chi connectivity index (χ2n) is 11.2. The van der Waals surface area contributed by atoms with Gasteiger partial charge in [0, 0.05) is 24.6 Å². The minimum atomic E-state index is -0.481. The van der Waals surface area contributed by atoms with Gasteiger partial charge >= 0.3 is 11.9 Å². The molecule has 5 aromatic carbocycles. The molecule has 0 fully saturated rings. The third-order valence-electron chi connectivity index (χ3n) is 7.46. The Balaban J connectivity index is 0.000000454. The largest absolute Gasteiger partial charge is 0.508 e. The summed E-state index contributed by atoms with van der Waals surface area (Å²) in [5.41, 5.74) is 4.16. The molecule has 0 saturated heterocycles. The summed E-state index contributed by atoms with van der Waals surface area (Å²) in [5.74, 6) is 1.28. The maximum Gasteiger partial charge on any atom is 0.343 e. The number of alkyl halides is 3. The van der Waals surface area contributed by atoms with Crippen molar-refractivity contribution in [2.45, 2.75) is 52.2 Å². The van der Waals surface area contributed by atoms with Crippen LogP contribution in [0.4, 0.5) is 0 Å². The van der Waals surface area contributed by atoms with Gasteiger partial charge in [0.05, 0.1) is 11.1 Å². The minimum absolute atomic E-state index is 0.169. The fourth-order valence-corrected chi connectivity index (χ4v) is 4.88. The van der Waals surface area contributed by atoms with Crippen molar-refractivity contribution in [3.8, 4) is 23.0 Å². The Labute approximate surface area is 351 Å². The van der Waals surface area contributed by atoms with Gasteiger partial charge in [-0.2, -0.15) is 0 Å². The summed E-state index contributed by atoms with van der Waals surface area (Å²) < 4.78 is 16.8. The second-order valence-corrected chi connectivity index (χ2v) is 12.3. The molecule has 0 spiro atoms. The number of aromatic hydroxyl groups is 2. The van der Waals surface area contributed by atoms with Crippen molar-refractivity contribution in [1.29, 1.82) is 0 Å². The Kier molecular flexibility index (Phi) is 24.5. The monoisotopic (exact) mass is 844 g/mol. The molecule has 0 aromatic heterocycles. The highest BCUT2D eigenvalue weighted by Crippen LogP contribution is 2.21. The zero-order valence-electron chi connectivity index (χ0n) is 32.9. The highest BCUT2D eigenvalue weighted by molar-refractivity contribution is 6.67. The summed E-state index contributed by atoms with van der Waals surface area (Å²) in [6.07, 6.45) is 0. The Morgan fingerprint density at radius 2 is 0.804 bits per heavy atom. The summed E-state index contributed by atoms with van der Waals surface area (Å²) in [7, 11) is 0. The maximum absolute atomic E-state index is 12.2. The van der Waals surface area contributed by atoms with Crippen molar-refractivity contribution in [3.05, 3.63) is 155 Å². The molecule has 0 aliphatic heterocycles. The van der Waals surface area contributed by atoms with Crippen LogP contribution < -0.4 is 9.47 Å². The van der Waals surface area contributed by atoms with E-state index in [4.69, 9.17) is 67.5 Å². The van der Waals surface area contributed by atoms with Gasteiger partial charge in [-0.25, -0.2) is 9.59 Å². The molecule has 2 N–H and O–H groups in total. The van der Waals surface area contributed by atoms with Gasteiger partial charge in [-0.3, -0.25) is 4.79 Å². The van der Waals surface area contributed by atoms with Crippen molar-refractivity contribution in [1.82, 2.24) is 4.90 Å². The number of ether oxygens (including phenoxy) is 2. The highest BCUT2D eigenvalue weighted by Gasteiger charge is 2.11.